The fraction of sp³-hybridized carbons (Fsp3) is 0.478. The van der Waals surface area contributed by atoms with Crippen LogP contribution in [0.5, 0.6) is 5.75 Å². The second kappa shape index (κ2) is 7.64. The normalized spacial score (nSPS) is 26.6. The Hall–Kier alpha value is -1.93. The van der Waals surface area contributed by atoms with Crippen LogP contribution in [0.15, 0.2) is 47.4 Å². The largest absolute Gasteiger partial charge is 0.508 e. The van der Waals surface area contributed by atoms with Crippen LogP contribution in [-0.2, 0) is 28.3 Å². The number of hydrogen-bond acceptors (Lipinski definition) is 5. The Morgan fingerprint density at radius 2 is 1.93 bits per heavy atom. The van der Waals surface area contributed by atoms with E-state index in [9.17, 15) is 13.5 Å². The standard InChI is InChI=1S/C23H31N3O3S/c1-23-11-13-25(2)21(14-17-6-7-18(27)15-20(17)23)22(23)26(3)12-10-16-4-8-19(9-5-16)30(24,28)29/h4-9,15,21-22,27H,10-14H2,1-3H3,(H2,24,28,29)/t21-,22-,23?/m1/s1. The van der Waals surface area contributed by atoms with E-state index in [4.69, 9.17) is 5.14 Å². The van der Waals surface area contributed by atoms with E-state index in [1.54, 1.807) is 18.2 Å². The van der Waals surface area contributed by atoms with Crippen LogP contribution in [0.25, 0.3) is 0 Å². The first-order chi connectivity index (χ1) is 14.1. The van der Waals surface area contributed by atoms with Crippen molar-refractivity contribution >= 4 is 10.0 Å². The van der Waals surface area contributed by atoms with E-state index in [0.717, 1.165) is 37.9 Å². The quantitative estimate of drug-likeness (QED) is 0.760. The smallest absolute Gasteiger partial charge is 0.238 e. The van der Waals surface area contributed by atoms with Gasteiger partial charge in [0, 0.05) is 24.0 Å². The highest BCUT2D eigenvalue weighted by molar-refractivity contribution is 7.89. The number of hydrogen-bond donors (Lipinski definition) is 2. The zero-order valence-electron chi connectivity index (χ0n) is 17.9. The lowest BCUT2D eigenvalue weighted by molar-refractivity contribution is 0.00308. The summed E-state index contributed by atoms with van der Waals surface area (Å²) in [5.41, 5.74) is 3.69. The van der Waals surface area contributed by atoms with Gasteiger partial charge in [-0.05, 0) is 80.9 Å². The zero-order chi connectivity index (χ0) is 21.7. The predicted molar refractivity (Wildman–Crippen MR) is 118 cm³/mol. The van der Waals surface area contributed by atoms with Crippen LogP contribution >= 0.6 is 0 Å². The first kappa shape index (κ1) is 21.3. The molecule has 0 spiro atoms. The van der Waals surface area contributed by atoms with Gasteiger partial charge < -0.3 is 14.9 Å². The van der Waals surface area contributed by atoms with Crippen molar-refractivity contribution in [2.24, 2.45) is 5.14 Å². The van der Waals surface area contributed by atoms with Crippen molar-refractivity contribution in [1.82, 2.24) is 9.80 Å². The molecule has 2 aromatic carbocycles. The van der Waals surface area contributed by atoms with E-state index in [2.05, 4.69) is 36.9 Å². The van der Waals surface area contributed by atoms with Crippen molar-refractivity contribution in [2.75, 3.05) is 27.2 Å². The number of nitrogens with zero attached hydrogens (tertiary/aromatic N) is 2. The van der Waals surface area contributed by atoms with Crippen LogP contribution in [0.1, 0.15) is 30.0 Å². The van der Waals surface area contributed by atoms with Crippen LogP contribution in [0.2, 0.25) is 0 Å². The van der Waals surface area contributed by atoms with Crippen LogP contribution < -0.4 is 5.14 Å². The summed E-state index contributed by atoms with van der Waals surface area (Å²) in [4.78, 5) is 5.06. The minimum atomic E-state index is -3.66. The molecule has 2 bridgehead atoms. The molecular formula is C23H31N3O3S. The minimum Gasteiger partial charge on any atom is -0.508 e. The summed E-state index contributed by atoms with van der Waals surface area (Å²) in [5.74, 6) is 0.337. The van der Waals surface area contributed by atoms with Gasteiger partial charge in [0.1, 0.15) is 5.75 Å². The summed E-state index contributed by atoms with van der Waals surface area (Å²) in [6, 6.07) is 13.5. The summed E-state index contributed by atoms with van der Waals surface area (Å²) in [6.07, 6.45) is 2.87. The van der Waals surface area contributed by atoms with Crippen molar-refractivity contribution < 1.29 is 13.5 Å². The number of nitrogens with two attached hydrogens (primary N) is 1. The van der Waals surface area contributed by atoms with Gasteiger partial charge in [-0.1, -0.05) is 25.1 Å². The highest BCUT2D eigenvalue weighted by Crippen LogP contribution is 2.47. The van der Waals surface area contributed by atoms with E-state index in [-0.39, 0.29) is 10.3 Å². The minimum absolute atomic E-state index is 0.0181. The molecule has 162 valence electrons. The number of rotatable bonds is 5. The Labute approximate surface area is 179 Å². The maximum atomic E-state index is 11.5. The van der Waals surface area contributed by atoms with Crippen molar-refractivity contribution in [3.05, 3.63) is 59.2 Å². The van der Waals surface area contributed by atoms with Gasteiger partial charge in [0.05, 0.1) is 4.90 Å². The van der Waals surface area contributed by atoms with Crippen molar-refractivity contribution in [2.45, 2.75) is 48.6 Å². The van der Waals surface area contributed by atoms with Crippen LogP contribution in [0.3, 0.4) is 0 Å². The molecule has 6 nitrogen and oxygen atoms in total. The summed E-state index contributed by atoms with van der Waals surface area (Å²) in [5, 5.41) is 15.3. The lowest BCUT2D eigenvalue weighted by Gasteiger charge is -2.57. The lowest BCUT2D eigenvalue weighted by atomic mass is 9.61. The Balaban J connectivity index is 1.56. The SMILES string of the molecule is CN1CCC2(C)c3cc(O)ccc3C[C@@H]1[C@H]2N(C)CCc1ccc(S(N)(=O)=O)cc1. The Bertz CT molecular complexity index is 1040. The molecule has 1 unspecified atom stereocenters. The van der Waals surface area contributed by atoms with Gasteiger partial charge in [-0.15, -0.1) is 0 Å². The molecule has 30 heavy (non-hydrogen) atoms. The first-order valence-electron chi connectivity index (χ1n) is 10.4. The Morgan fingerprint density at radius 1 is 1.23 bits per heavy atom. The summed E-state index contributed by atoms with van der Waals surface area (Å²) in [7, 11) is 0.732. The predicted octanol–water partition coefficient (Wildman–Crippen LogP) is 2.10. The third kappa shape index (κ3) is 3.75. The Kier molecular flexibility index (Phi) is 5.43. The van der Waals surface area contributed by atoms with Crippen molar-refractivity contribution in [3.63, 3.8) is 0 Å². The van der Waals surface area contributed by atoms with Crippen LogP contribution in [0.4, 0.5) is 0 Å². The second-order valence-corrected chi connectivity index (χ2v) is 10.7. The molecule has 1 fully saturated rings. The molecule has 4 rings (SSSR count). The highest BCUT2D eigenvalue weighted by Gasteiger charge is 2.51. The number of likely N-dealkylation sites (tertiary alicyclic amines) is 1. The third-order valence-corrected chi connectivity index (χ3v) is 8.11. The monoisotopic (exact) mass is 429 g/mol. The van der Waals surface area contributed by atoms with Crippen LogP contribution in [0, 0.1) is 0 Å². The van der Waals surface area contributed by atoms with Gasteiger partial charge in [0.25, 0.3) is 0 Å². The van der Waals surface area contributed by atoms with Gasteiger partial charge in [0.2, 0.25) is 10.0 Å². The number of phenols is 1. The average molecular weight is 430 g/mol. The average Bonchev–Trinajstić information content (AvgIpc) is 2.69. The molecule has 0 aromatic heterocycles. The molecule has 7 heteroatoms. The van der Waals surface area contributed by atoms with Gasteiger partial charge in [0.15, 0.2) is 0 Å². The van der Waals surface area contributed by atoms with Crippen LogP contribution in [-0.4, -0.2) is 62.6 Å². The number of likely N-dealkylation sites (N-methyl/N-ethyl adjacent to an activating group) is 2. The van der Waals surface area contributed by atoms with Crippen molar-refractivity contribution in [3.8, 4) is 5.75 Å². The second-order valence-electron chi connectivity index (χ2n) is 9.13. The molecule has 0 saturated carbocycles. The number of sulfonamides is 1. The Morgan fingerprint density at radius 3 is 2.60 bits per heavy atom. The molecule has 2 aliphatic rings. The van der Waals surface area contributed by atoms with Gasteiger partial charge in [-0.2, -0.15) is 0 Å². The highest BCUT2D eigenvalue weighted by atomic mass is 32.2. The van der Waals surface area contributed by atoms with E-state index in [0.29, 0.717) is 17.8 Å². The third-order valence-electron chi connectivity index (χ3n) is 7.18. The summed E-state index contributed by atoms with van der Waals surface area (Å²) < 4.78 is 22.9. The summed E-state index contributed by atoms with van der Waals surface area (Å²) >= 11 is 0. The number of phenolic OH excluding ortho intramolecular Hbond substituents is 1. The molecule has 0 radical (unpaired) electrons. The van der Waals surface area contributed by atoms with E-state index >= 15 is 0 Å². The molecule has 1 aliphatic carbocycles. The zero-order valence-corrected chi connectivity index (χ0v) is 18.7. The van der Waals surface area contributed by atoms with Gasteiger partial charge >= 0.3 is 0 Å². The first-order valence-corrected chi connectivity index (χ1v) is 12.0. The molecule has 1 aliphatic heterocycles. The molecule has 1 heterocycles. The number of piperidine rings is 1. The van der Waals surface area contributed by atoms with Crippen molar-refractivity contribution in [1.29, 1.82) is 0 Å². The molecule has 1 saturated heterocycles. The summed E-state index contributed by atoms with van der Waals surface area (Å²) in [6.45, 7) is 4.26. The van der Waals surface area contributed by atoms with Gasteiger partial charge in [-0.3, -0.25) is 0 Å². The maximum absolute atomic E-state index is 11.5. The maximum Gasteiger partial charge on any atom is 0.238 e. The molecule has 3 N–H and O–H groups in total. The number of benzene rings is 2. The molecule has 0 amide bonds. The van der Waals surface area contributed by atoms with E-state index in [1.807, 2.05) is 18.2 Å². The number of aromatic hydroxyl groups is 1. The molecular weight excluding hydrogens is 398 g/mol. The number of primary sulfonamides is 1. The van der Waals surface area contributed by atoms with Gasteiger partial charge in [-0.25, -0.2) is 13.6 Å². The number of fused-ring (bicyclic) bond motifs is 4. The van der Waals surface area contributed by atoms with E-state index in [1.165, 1.54) is 11.1 Å². The fourth-order valence-electron chi connectivity index (χ4n) is 5.52. The molecule has 3 atom stereocenters. The lowest BCUT2D eigenvalue weighted by Crippen LogP contribution is -2.66. The molecule has 2 aromatic rings. The topological polar surface area (TPSA) is 86.9 Å². The van der Waals surface area contributed by atoms with E-state index < -0.39 is 10.0 Å². The fourth-order valence-corrected chi connectivity index (χ4v) is 6.03.